The van der Waals surface area contributed by atoms with E-state index in [9.17, 15) is 4.79 Å². The largest absolute Gasteiger partial charge is 0.497 e. The summed E-state index contributed by atoms with van der Waals surface area (Å²) >= 11 is 6.06. The van der Waals surface area contributed by atoms with Gasteiger partial charge in [-0.3, -0.25) is 4.79 Å². The summed E-state index contributed by atoms with van der Waals surface area (Å²) in [6.07, 6.45) is -0.738. The van der Waals surface area contributed by atoms with Crippen molar-refractivity contribution in [3.8, 4) is 23.0 Å². The summed E-state index contributed by atoms with van der Waals surface area (Å²) in [7, 11) is 4.55. The van der Waals surface area contributed by atoms with Crippen molar-refractivity contribution >= 4 is 23.2 Å². The third kappa shape index (κ3) is 4.70. The number of carbonyl (C=O) groups excluding carboxylic acids is 1. The summed E-state index contributed by atoms with van der Waals surface area (Å²) in [6.45, 7) is 1.65. The number of hydrogen-bond acceptors (Lipinski definition) is 5. The molecule has 0 aliphatic heterocycles. The molecule has 7 heteroatoms. The average molecular weight is 366 g/mol. The van der Waals surface area contributed by atoms with E-state index in [0.717, 1.165) is 0 Å². The van der Waals surface area contributed by atoms with Crippen LogP contribution in [0.2, 0.25) is 5.02 Å². The van der Waals surface area contributed by atoms with Crippen LogP contribution in [0.1, 0.15) is 6.92 Å². The van der Waals surface area contributed by atoms with Crippen LogP contribution in [0.15, 0.2) is 36.4 Å². The first-order chi connectivity index (χ1) is 12.0. The molecule has 0 bridgehead atoms. The maximum absolute atomic E-state index is 12.4. The second kappa shape index (κ2) is 8.48. The molecule has 0 fully saturated rings. The number of carbonyl (C=O) groups is 1. The maximum atomic E-state index is 12.4. The Balaban J connectivity index is 2.12. The standard InChI is InChI=1S/C18H20ClNO5/c1-11(25-13-7-5-6-12(8-13)22-2)18(21)20-15-10-16(23-3)14(19)9-17(15)24-4/h5-11H,1-4H3,(H,20,21)/t11-/m0/s1. The second-order valence-electron chi connectivity index (χ2n) is 5.12. The van der Waals surface area contributed by atoms with Gasteiger partial charge in [0, 0.05) is 18.2 Å². The minimum absolute atomic E-state index is 0.342. The molecule has 1 N–H and O–H groups in total. The van der Waals surface area contributed by atoms with Crippen LogP contribution in [0.4, 0.5) is 5.69 Å². The normalized spacial score (nSPS) is 11.4. The Hall–Kier alpha value is -2.60. The fourth-order valence-electron chi connectivity index (χ4n) is 2.12. The SMILES string of the molecule is COc1cccc(O[C@@H](C)C(=O)Nc2cc(OC)c(Cl)cc2OC)c1. The van der Waals surface area contributed by atoms with Crippen molar-refractivity contribution in [3.05, 3.63) is 41.4 Å². The number of nitrogens with one attached hydrogen (secondary N) is 1. The molecule has 2 aromatic rings. The van der Waals surface area contributed by atoms with E-state index in [1.165, 1.54) is 14.2 Å². The van der Waals surface area contributed by atoms with E-state index >= 15 is 0 Å². The van der Waals surface area contributed by atoms with E-state index in [4.69, 9.17) is 30.5 Å². The van der Waals surface area contributed by atoms with Crippen molar-refractivity contribution < 1.29 is 23.7 Å². The number of anilines is 1. The van der Waals surface area contributed by atoms with Crippen LogP contribution in [-0.4, -0.2) is 33.3 Å². The van der Waals surface area contributed by atoms with Crippen molar-refractivity contribution in [1.82, 2.24) is 0 Å². The molecule has 6 nitrogen and oxygen atoms in total. The molecule has 0 spiro atoms. The molecule has 1 atom stereocenters. The fourth-order valence-corrected chi connectivity index (χ4v) is 2.36. The van der Waals surface area contributed by atoms with Crippen molar-refractivity contribution in [1.29, 1.82) is 0 Å². The van der Waals surface area contributed by atoms with E-state index in [0.29, 0.717) is 33.7 Å². The van der Waals surface area contributed by atoms with Crippen LogP contribution in [0.25, 0.3) is 0 Å². The lowest BCUT2D eigenvalue weighted by Crippen LogP contribution is -2.30. The molecule has 25 heavy (non-hydrogen) atoms. The fraction of sp³-hybridized carbons (Fsp3) is 0.278. The molecule has 0 aliphatic rings. The zero-order valence-electron chi connectivity index (χ0n) is 14.5. The predicted molar refractivity (Wildman–Crippen MR) is 96.3 cm³/mol. The molecule has 2 rings (SSSR count). The number of rotatable bonds is 7. The highest BCUT2D eigenvalue weighted by Crippen LogP contribution is 2.36. The molecule has 1 amide bonds. The maximum Gasteiger partial charge on any atom is 0.265 e. The first-order valence-corrected chi connectivity index (χ1v) is 7.89. The average Bonchev–Trinajstić information content (AvgIpc) is 2.62. The molecule has 0 unspecified atom stereocenters. The van der Waals surface area contributed by atoms with Crippen LogP contribution in [0.3, 0.4) is 0 Å². The monoisotopic (exact) mass is 365 g/mol. The predicted octanol–water partition coefficient (Wildman–Crippen LogP) is 3.77. The van der Waals surface area contributed by atoms with E-state index < -0.39 is 6.10 Å². The van der Waals surface area contributed by atoms with E-state index in [1.54, 1.807) is 50.4 Å². The number of amides is 1. The van der Waals surface area contributed by atoms with Gasteiger partial charge in [0.25, 0.3) is 5.91 Å². The minimum Gasteiger partial charge on any atom is -0.497 e. The van der Waals surface area contributed by atoms with Gasteiger partial charge in [-0.05, 0) is 19.1 Å². The van der Waals surface area contributed by atoms with Crippen LogP contribution in [0.5, 0.6) is 23.0 Å². The smallest absolute Gasteiger partial charge is 0.265 e. The molecule has 0 heterocycles. The summed E-state index contributed by atoms with van der Waals surface area (Å²) in [5, 5.41) is 3.14. The van der Waals surface area contributed by atoms with Gasteiger partial charge in [-0.1, -0.05) is 17.7 Å². The van der Waals surface area contributed by atoms with Crippen LogP contribution in [0, 0.1) is 0 Å². The summed E-state index contributed by atoms with van der Waals surface area (Å²) < 4.78 is 21.2. The Morgan fingerprint density at radius 1 is 1.00 bits per heavy atom. The highest BCUT2D eigenvalue weighted by molar-refractivity contribution is 6.32. The first kappa shape index (κ1) is 18.7. The lowest BCUT2D eigenvalue weighted by atomic mass is 10.2. The quantitative estimate of drug-likeness (QED) is 0.809. The summed E-state index contributed by atoms with van der Waals surface area (Å²) in [5.74, 6) is 1.69. The Morgan fingerprint density at radius 2 is 1.68 bits per heavy atom. The molecular weight excluding hydrogens is 346 g/mol. The number of halogens is 1. The summed E-state index contributed by atoms with van der Waals surface area (Å²) in [6, 6.07) is 10.2. The Bertz CT molecular complexity index is 750. The lowest BCUT2D eigenvalue weighted by Gasteiger charge is -2.17. The van der Waals surface area contributed by atoms with E-state index in [2.05, 4.69) is 5.32 Å². The highest BCUT2D eigenvalue weighted by Gasteiger charge is 2.18. The molecular formula is C18H20ClNO5. The second-order valence-corrected chi connectivity index (χ2v) is 5.52. The van der Waals surface area contributed by atoms with Gasteiger partial charge >= 0.3 is 0 Å². The molecule has 2 aromatic carbocycles. The molecule has 0 aromatic heterocycles. The van der Waals surface area contributed by atoms with Gasteiger partial charge in [-0.2, -0.15) is 0 Å². The zero-order chi connectivity index (χ0) is 18.4. The van der Waals surface area contributed by atoms with Crippen molar-refractivity contribution in [3.63, 3.8) is 0 Å². The van der Waals surface area contributed by atoms with Crippen LogP contribution < -0.4 is 24.3 Å². The van der Waals surface area contributed by atoms with E-state index in [-0.39, 0.29) is 5.91 Å². The summed E-state index contributed by atoms with van der Waals surface area (Å²) in [4.78, 5) is 12.4. The molecule has 0 saturated carbocycles. The Kier molecular flexibility index (Phi) is 6.36. The molecule has 0 aliphatic carbocycles. The minimum atomic E-state index is -0.738. The third-order valence-corrected chi connectivity index (χ3v) is 3.75. The molecule has 0 radical (unpaired) electrons. The van der Waals surface area contributed by atoms with Gasteiger partial charge in [-0.25, -0.2) is 0 Å². The first-order valence-electron chi connectivity index (χ1n) is 7.51. The number of ether oxygens (including phenoxy) is 4. The number of methoxy groups -OCH3 is 3. The third-order valence-electron chi connectivity index (χ3n) is 3.46. The van der Waals surface area contributed by atoms with Gasteiger partial charge in [0.15, 0.2) is 6.10 Å². The van der Waals surface area contributed by atoms with Crippen molar-refractivity contribution in [2.45, 2.75) is 13.0 Å². The van der Waals surface area contributed by atoms with Crippen molar-refractivity contribution in [2.24, 2.45) is 0 Å². The highest BCUT2D eigenvalue weighted by atomic mass is 35.5. The Labute approximate surface area is 151 Å². The Morgan fingerprint density at radius 3 is 2.32 bits per heavy atom. The zero-order valence-corrected chi connectivity index (χ0v) is 15.2. The van der Waals surface area contributed by atoms with Gasteiger partial charge in [-0.15, -0.1) is 0 Å². The number of hydrogen-bond donors (Lipinski definition) is 1. The van der Waals surface area contributed by atoms with Crippen molar-refractivity contribution in [2.75, 3.05) is 26.6 Å². The van der Waals surface area contributed by atoms with Gasteiger partial charge < -0.3 is 24.3 Å². The summed E-state index contributed by atoms with van der Waals surface area (Å²) in [5.41, 5.74) is 0.440. The lowest BCUT2D eigenvalue weighted by molar-refractivity contribution is -0.122. The van der Waals surface area contributed by atoms with Gasteiger partial charge in [0.1, 0.15) is 23.0 Å². The van der Waals surface area contributed by atoms with Gasteiger partial charge in [0.2, 0.25) is 0 Å². The molecule has 134 valence electrons. The van der Waals surface area contributed by atoms with E-state index in [1.807, 2.05) is 0 Å². The van der Waals surface area contributed by atoms with Crippen LogP contribution >= 0.6 is 11.6 Å². The van der Waals surface area contributed by atoms with Crippen LogP contribution in [-0.2, 0) is 4.79 Å². The van der Waals surface area contributed by atoms with Gasteiger partial charge in [0.05, 0.1) is 32.0 Å². The number of benzene rings is 2. The molecule has 0 saturated heterocycles. The topological polar surface area (TPSA) is 66.0 Å².